The first-order valence-electron chi connectivity index (χ1n) is 6.82. The summed E-state index contributed by atoms with van der Waals surface area (Å²) in [6.07, 6.45) is 0. The Balaban J connectivity index is 1.58. The van der Waals surface area contributed by atoms with Crippen LogP contribution in [-0.2, 0) is 4.79 Å². The molecule has 0 bridgehead atoms. The van der Waals surface area contributed by atoms with Crippen LogP contribution in [-0.4, -0.2) is 27.0 Å². The lowest BCUT2D eigenvalue weighted by atomic mass is 10.2. The number of aromatic nitrogens is 2. The maximum atomic E-state index is 11.9. The van der Waals surface area contributed by atoms with E-state index in [1.54, 1.807) is 18.2 Å². The van der Waals surface area contributed by atoms with Gasteiger partial charge in [-0.2, -0.15) is 0 Å². The summed E-state index contributed by atoms with van der Waals surface area (Å²) in [4.78, 5) is 11.9. The lowest BCUT2D eigenvalue weighted by Crippen LogP contribution is -2.14. The highest BCUT2D eigenvalue weighted by Gasteiger charge is 2.12. The third kappa shape index (κ3) is 3.89. The molecule has 0 aliphatic heterocycles. The molecule has 1 amide bonds. The lowest BCUT2D eigenvalue weighted by molar-refractivity contribution is -0.113. The molecule has 2 aromatic carbocycles. The molecule has 0 aliphatic rings. The van der Waals surface area contributed by atoms with Crippen LogP contribution in [0.1, 0.15) is 0 Å². The first kappa shape index (κ1) is 15.1. The highest BCUT2D eigenvalue weighted by molar-refractivity contribution is 7.99. The number of para-hydroxylation sites is 2. The third-order valence-electron chi connectivity index (χ3n) is 2.93. The minimum absolute atomic E-state index is 0.0232. The number of nitrogens with one attached hydrogen (secondary N) is 1. The van der Waals surface area contributed by atoms with Gasteiger partial charge in [0.15, 0.2) is 0 Å². The number of anilines is 1. The van der Waals surface area contributed by atoms with Crippen molar-refractivity contribution in [3.05, 3.63) is 54.6 Å². The largest absolute Gasteiger partial charge is 0.506 e. The van der Waals surface area contributed by atoms with Crippen molar-refractivity contribution in [1.29, 1.82) is 0 Å². The fraction of sp³-hybridized carbons (Fsp3) is 0.0625. The van der Waals surface area contributed by atoms with E-state index in [9.17, 15) is 9.90 Å². The summed E-state index contributed by atoms with van der Waals surface area (Å²) in [5, 5.41) is 20.4. The van der Waals surface area contributed by atoms with Crippen molar-refractivity contribution in [3.8, 4) is 17.2 Å². The van der Waals surface area contributed by atoms with Crippen molar-refractivity contribution in [2.45, 2.75) is 5.22 Å². The van der Waals surface area contributed by atoms with Gasteiger partial charge in [0.2, 0.25) is 11.8 Å². The maximum absolute atomic E-state index is 11.9. The fourth-order valence-corrected chi connectivity index (χ4v) is 2.42. The fourth-order valence-electron chi connectivity index (χ4n) is 1.86. The third-order valence-corrected chi connectivity index (χ3v) is 3.75. The average Bonchev–Trinajstić information content (AvgIpc) is 3.05. The van der Waals surface area contributed by atoms with Gasteiger partial charge in [-0.15, -0.1) is 10.2 Å². The van der Waals surface area contributed by atoms with E-state index in [2.05, 4.69) is 15.5 Å². The van der Waals surface area contributed by atoms with Gasteiger partial charge in [-0.3, -0.25) is 4.79 Å². The van der Waals surface area contributed by atoms with Crippen LogP contribution in [0.4, 0.5) is 5.69 Å². The Kier molecular flexibility index (Phi) is 4.58. The Labute approximate surface area is 136 Å². The molecule has 0 spiro atoms. The van der Waals surface area contributed by atoms with Gasteiger partial charge >= 0.3 is 0 Å². The quantitative estimate of drug-likeness (QED) is 0.553. The number of aromatic hydroxyl groups is 1. The minimum Gasteiger partial charge on any atom is -0.506 e. The molecule has 0 aliphatic carbocycles. The summed E-state index contributed by atoms with van der Waals surface area (Å²) in [6.45, 7) is 0. The van der Waals surface area contributed by atoms with Crippen LogP contribution in [0.15, 0.2) is 64.2 Å². The standard InChI is InChI=1S/C16H13N3O3S/c20-13-9-5-4-8-12(13)17-14(21)10-23-16-19-18-15(22-16)11-6-2-1-3-7-11/h1-9,20H,10H2,(H,17,21). The van der Waals surface area contributed by atoms with Gasteiger partial charge in [0, 0.05) is 5.56 Å². The van der Waals surface area contributed by atoms with E-state index in [4.69, 9.17) is 4.42 Å². The zero-order valence-corrected chi connectivity index (χ0v) is 12.8. The molecule has 0 fully saturated rings. The van der Waals surface area contributed by atoms with Crippen LogP contribution in [0.25, 0.3) is 11.5 Å². The number of phenolic OH excluding ortho intramolecular Hbond substituents is 1. The smallest absolute Gasteiger partial charge is 0.277 e. The summed E-state index contributed by atoms with van der Waals surface area (Å²) in [6, 6.07) is 15.9. The number of carbonyl (C=O) groups excluding carboxylic acids is 1. The highest BCUT2D eigenvalue weighted by atomic mass is 32.2. The summed E-state index contributed by atoms with van der Waals surface area (Å²) < 4.78 is 5.51. The Morgan fingerprint density at radius 3 is 2.61 bits per heavy atom. The number of amides is 1. The average molecular weight is 327 g/mol. The van der Waals surface area contributed by atoms with Gasteiger partial charge in [0.25, 0.3) is 5.22 Å². The lowest BCUT2D eigenvalue weighted by Gasteiger charge is -2.05. The maximum Gasteiger partial charge on any atom is 0.277 e. The van der Waals surface area contributed by atoms with Crippen LogP contribution in [0.2, 0.25) is 0 Å². The predicted molar refractivity (Wildman–Crippen MR) is 87.2 cm³/mol. The number of carbonyl (C=O) groups is 1. The summed E-state index contributed by atoms with van der Waals surface area (Å²) in [5.74, 6) is 0.269. The monoisotopic (exact) mass is 327 g/mol. The van der Waals surface area contributed by atoms with Gasteiger partial charge in [0.05, 0.1) is 11.4 Å². The molecule has 1 aromatic heterocycles. The number of rotatable bonds is 5. The summed E-state index contributed by atoms with van der Waals surface area (Å²) in [7, 11) is 0. The number of nitrogens with zero attached hydrogens (tertiary/aromatic N) is 2. The van der Waals surface area contributed by atoms with Gasteiger partial charge in [0.1, 0.15) is 5.75 Å². The van der Waals surface area contributed by atoms with E-state index in [-0.39, 0.29) is 17.4 Å². The van der Waals surface area contributed by atoms with Gasteiger partial charge in [-0.1, -0.05) is 42.1 Å². The predicted octanol–water partition coefficient (Wildman–Crippen LogP) is 3.17. The molecule has 6 nitrogen and oxygen atoms in total. The topological polar surface area (TPSA) is 88.2 Å². The van der Waals surface area contributed by atoms with E-state index < -0.39 is 0 Å². The van der Waals surface area contributed by atoms with Crippen molar-refractivity contribution in [1.82, 2.24) is 10.2 Å². The Bertz CT molecular complexity index is 805. The van der Waals surface area contributed by atoms with E-state index >= 15 is 0 Å². The molecule has 0 saturated heterocycles. The molecular formula is C16H13N3O3S. The minimum atomic E-state index is -0.268. The van der Waals surface area contributed by atoms with Crippen LogP contribution < -0.4 is 5.32 Å². The molecule has 116 valence electrons. The molecule has 3 rings (SSSR count). The van der Waals surface area contributed by atoms with Crippen molar-refractivity contribution >= 4 is 23.4 Å². The van der Waals surface area contributed by atoms with Crippen LogP contribution >= 0.6 is 11.8 Å². The molecule has 1 heterocycles. The Hall–Kier alpha value is -2.80. The second kappa shape index (κ2) is 6.97. The Morgan fingerprint density at radius 2 is 1.83 bits per heavy atom. The zero-order chi connectivity index (χ0) is 16.1. The second-order valence-electron chi connectivity index (χ2n) is 4.59. The normalized spacial score (nSPS) is 10.4. The Morgan fingerprint density at radius 1 is 1.09 bits per heavy atom. The molecule has 0 atom stereocenters. The number of thioether (sulfide) groups is 1. The zero-order valence-electron chi connectivity index (χ0n) is 12.0. The van der Waals surface area contributed by atoms with E-state index in [0.717, 1.165) is 17.3 Å². The molecule has 0 unspecified atom stereocenters. The molecular weight excluding hydrogens is 314 g/mol. The number of hydrogen-bond acceptors (Lipinski definition) is 6. The second-order valence-corrected chi connectivity index (χ2v) is 5.52. The molecule has 3 aromatic rings. The van der Waals surface area contributed by atoms with Gasteiger partial charge in [-0.25, -0.2) is 0 Å². The summed E-state index contributed by atoms with van der Waals surface area (Å²) in [5.41, 5.74) is 1.19. The van der Waals surface area contributed by atoms with Crippen LogP contribution in [0, 0.1) is 0 Å². The molecule has 0 radical (unpaired) electrons. The van der Waals surface area contributed by atoms with Gasteiger partial charge < -0.3 is 14.8 Å². The number of hydrogen-bond donors (Lipinski definition) is 2. The molecule has 23 heavy (non-hydrogen) atoms. The number of phenols is 1. The van der Waals surface area contributed by atoms with Crippen molar-refractivity contribution in [2.24, 2.45) is 0 Å². The van der Waals surface area contributed by atoms with E-state index in [1.807, 2.05) is 30.3 Å². The highest BCUT2D eigenvalue weighted by Crippen LogP contribution is 2.24. The molecule has 2 N–H and O–H groups in total. The van der Waals surface area contributed by atoms with Crippen molar-refractivity contribution < 1.29 is 14.3 Å². The SMILES string of the molecule is O=C(CSc1nnc(-c2ccccc2)o1)Nc1ccccc1O. The first-order valence-corrected chi connectivity index (χ1v) is 7.80. The van der Waals surface area contributed by atoms with E-state index in [1.165, 1.54) is 6.07 Å². The van der Waals surface area contributed by atoms with Crippen LogP contribution in [0.3, 0.4) is 0 Å². The molecule has 7 heteroatoms. The van der Waals surface area contributed by atoms with Crippen molar-refractivity contribution in [2.75, 3.05) is 11.1 Å². The molecule has 0 saturated carbocycles. The first-order chi connectivity index (χ1) is 11.2. The summed E-state index contributed by atoms with van der Waals surface area (Å²) >= 11 is 1.14. The van der Waals surface area contributed by atoms with Crippen molar-refractivity contribution in [3.63, 3.8) is 0 Å². The van der Waals surface area contributed by atoms with Gasteiger partial charge in [-0.05, 0) is 24.3 Å². The van der Waals surface area contributed by atoms with E-state index in [0.29, 0.717) is 16.8 Å². The number of benzene rings is 2. The van der Waals surface area contributed by atoms with Crippen LogP contribution in [0.5, 0.6) is 5.75 Å².